The standard InChI is InChI=1S/C26H33N/c1-8-11-22(20(7)24-13-12-19(6)23(24)10-3)16-25(18(4)5)26-17-27-15-14-21(26)9-2/h8,10,12,14-15,17H,1,3,9,11,13,16H2,2,4-7H3/b22-20-. The molecular formula is C26H33N. The first-order valence-corrected chi connectivity index (χ1v) is 9.86. The molecule has 1 aromatic rings. The first-order chi connectivity index (χ1) is 12.9. The van der Waals surface area contributed by atoms with Crippen LogP contribution in [0.1, 0.15) is 65.0 Å². The van der Waals surface area contributed by atoms with Crippen LogP contribution in [0.3, 0.4) is 0 Å². The Labute approximate surface area is 165 Å². The summed E-state index contributed by atoms with van der Waals surface area (Å²) < 4.78 is 0. The van der Waals surface area contributed by atoms with Crippen molar-refractivity contribution in [2.24, 2.45) is 0 Å². The molecule has 1 aromatic heterocycles. The molecule has 0 aromatic carbocycles. The maximum absolute atomic E-state index is 4.41. The minimum absolute atomic E-state index is 0.900. The van der Waals surface area contributed by atoms with Gasteiger partial charge in [0.1, 0.15) is 0 Å². The van der Waals surface area contributed by atoms with E-state index in [-0.39, 0.29) is 0 Å². The molecule has 0 saturated heterocycles. The van der Waals surface area contributed by atoms with Crippen LogP contribution < -0.4 is 0 Å². The normalized spacial score (nSPS) is 14.6. The van der Waals surface area contributed by atoms with Gasteiger partial charge in [-0.15, -0.1) is 6.58 Å². The molecule has 1 aliphatic rings. The number of pyridine rings is 1. The number of aryl methyl sites for hydroxylation is 1. The summed E-state index contributed by atoms with van der Waals surface area (Å²) >= 11 is 0. The molecule has 0 bridgehead atoms. The monoisotopic (exact) mass is 359 g/mol. The molecule has 0 aliphatic heterocycles. The van der Waals surface area contributed by atoms with E-state index in [0.717, 1.165) is 25.7 Å². The van der Waals surface area contributed by atoms with Crippen LogP contribution >= 0.6 is 0 Å². The maximum Gasteiger partial charge on any atom is 0.0345 e. The Bertz CT molecular complexity index is 852. The van der Waals surface area contributed by atoms with Crippen LogP contribution in [0.5, 0.6) is 0 Å². The summed E-state index contributed by atoms with van der Waals surface area (Å²) in [4.78, 5) is 4.41. The molecular weight excluding hydrogens is 326 g/mol. The van der Waals surface area contributed by atoms with E-state index in [1.807, 2.05) is 24.5 Å². The highest BCUT2D eigenvalue weighted by Crippen LogP contribution is 2.37. The zero-order chi connectivity index (χ0) is 20.0. The highest BCUT2D eigenvalue weighted by atomic mass is 14.6. The summed E-state index contributed by atoms with van der Waals surface area (Å²) in [5.41, 5.74) is 12.3. The molecule has 0 saturated carbocycles. The van der Waals surface area contributed by atoms with Gasteiger partial charge in [-0.2, -0.15) is 0 Å². The molecule has 1 heteroatoms. The number of hydrogen-bond acceptors (Lipinski definition) is 1. The topological polar surface area (TPSA) is 12.9 Å². The number of rotatable bonds is 8. The lowest BCUT2D eigenvalue weighted by molar-refractivity contribution is 1.03. The van der Waals surface area contributed by atoms with Crippen molar-refractivity contribution >= 4 is 5.57 Å². The molecule has 0 fully saturated rings. The predicted molar refractivity (Wildman–Crippen MR) is 120 cm³/mol. The molecule has 1 aliphatic carbocycles. The van der Waals surface area contributed by atoms with Crippen molar-refractivity contribution in [2.75, 3.05) is 0 Å². The number of aromatic nitrogens is 1. The van der Waals surface area contributed by atoms with E-state index in [2.05, 4.69) is 64.9 Å². The van der Waals surface area contributed by atoms with Gasteiger partial charge in [-0.3, -0.25) is 4.98 Å². The van der Waals surface area contributed by atoms with E-state index in [0.29, 0.717) is 0 Å². The smallest absolute Gasteiger partial charge is 0.0345 e. The molecule has 0 N–H and O–H groups in total. The molecule has 0 radical (unpaired) electrons. The van der Waals surface area contributed by atoms with Crippen molar-refractivity contribution in [3.05, 3.63) is 94.4 Å². The second kappa shape index (κ2) is 9.50. The Hall–Kier alpha value is -2.41. The molecule has 0 amide bonds. The summed E-state index contributed by atoms with van der Waals surface area (Å²) in [5, 5.41) is 0. The predicted octanol–water partition coefficient (Wildman–Crippen LogP) is 7.55. The van der Waals surface area contributed by atoms with E-state index in [1.54, 1.807) is 0 Å². The fourth-order valence-corrected chi connectivity index (χ4v) is 3.86. The lowest BCUT2D eigenvalue weighted by Crippen LogP contribution is -2.00. The van der Waals surface area contributed by atoms with Crippen LogP contribution in [0, 0.1) is 0 Å². The Morgan fingerprint density at radius 3 is 2.56 bits per heavy atom. The SMILES string of the molecule is C=CC/C(CC(=C(C)C)c1cnccc1CC)=C(\C)C1=C(C=C)C(C)=CC1. The molecule has 27 heavy (non-hydrogen) atoms. The minimum Gasteiger partial charge on any atom is -0.264 e. The molecule has 0 atom stereocenters. The quantitative estimate of drug-likeness (QED) is 0.436. The first-order valence-electron chi connectivity index (χ1n) is 9.86. The molecule has 0 unspecified atom stereocenters. The average molecular weight is 360 g/mol. The van der Waals surface area contributed by atoms with Crippen LogP contribution in [-0.2, 0) is 6.42 Å². The van der Waals surface area contributed by atoms with E-state index in [4.69, 9.17) is 0 Å². The molecule has 2 rings (SSSR count). The summed E-state index contributed by atoms with van der Waals surface area (Å²) in [6, 6.07) is 2.14. The van der Waals surface area contributed by atoms with Crippen LogP contribution in [0.2, 0.25) is 0 Å². The second-order valence-electron chi connectivity index (χ2n) is 7.45. The zero-order valence-electron chi connectivity index (χ0n) is 17.7. The number of hydrogen-bond donors (Lipinski definition) is 0. The van der Waals surface area contributed by atoms with Gasteiger partial charge in [0.2, 0.25) is 0 Å². The lowest BCUT2D eigenvalue weighted by Gasteiger charge is -2.19. The second-order valence-corrected chi connectivity index (χ2v) is 7.45. The third kappa shape index (κ3) is 4.66. The lowest BCUT2D eigenvalue weighted by atomic mass is 9.86. The molecule has 1 heterocycles. The van der Waals surface area contributed by atoms with Crippen molar-refractivity contribution in [2.45, 2.75) is 60.3 Å². The van der Waals surface area contributed by atoms with Crippen molar-refractivity contribution < 1.29 is 0 Å². The fourth-order valence-electron chi connectivity index (χ4n) is 3.86. The molecule has 142 valence electrons. The van der Waals surface area contributed by atoms with Gasteiger partial charge in [0, 0.05) is 12.4 Å². The van der Waals surface area contributed by atoms with Crippen LogP contribution in [0.4, 0.5) is 0 Å². The Morgan fingerprint density at radius 2 is 1.96 bits per heavy atom. The van der Waals surface area contributed by atoms with Gasteiger partial charge < -0.3 is 0 Å². The minimum atomic E-state index is 0.900. The van der Waals surface area contributed by atoms with Gasteiger partial charge in [-0.05, 0) is 98.4 Å². The fraction of sp³-hybridized carbons (Fsp3) is 0.346. The summed E-state index contributed by atoms with van der Waals surface area (Å²) in [6.07, 6.45) is 14.1. The van der Waals surface area contributed by atoms with Crippen molar-refractivity contribution in [1.82, 2.24) is 4.98 Å². The summed E-state index contributed by atoms with van der Waals surface area (Å²) in [6.45, 7) is 19.1. The summed E-state index contributed by atoms with van der Waals surface area (Å²) in [5.74, 6) is 0. The molecule has 1 nitrogen and oxygen atoms in total. The Morgan fingerprint density at radius 1 is 1.22 bits per heavy atom. The van der Waals surface area contributed by atoms with Gasteiger partial charge in [0.15, 0.2) is 0 Å². The maximum atomic E-state index is 4.41. The van der Waals surface area contributed by atoms with E-state index >= 15 is 0 Å². The first kappa shape index (κ1) is 20.9. The average Bonchev–Trinajstić information content (AvgIpc) is 3.04. The zero-order valence-corrected chi connectivity index (χ0v) is 17.7. The Balaban J connectivity index is 2.54. The van der Waals surface area contributed by atoms with Gasteiger partial charge in [0.25, 0.3) is 0 Å². The highest BCUT2D eigenvalue weighted by molar-refractivity contribution is 5.72. The summed E-state index contributed by atoms with van der Waals surface area (Å²) in [7, 11) is 0. The van der Waals surface area contributed by atoms with E-state index in [1.165, 1.54) is 50.1 Å². The number of allylic oxidation sites excluding steroid dienone is 10. The highest BCUT2D eigenvalue weighted by Gasteiger charge is 2.18. The van der Waals surface area contributed by atoms with Crippen molar-refractivity contribution in [3.8, 4) is 0 Å². The van der Waals surface area contributed by atoms with Crippen molar-refractivity contribution in [1.29, 1.82) is 0 Å². The molecule has 0 spiro atoms. The number of nitrogens with zero attached hydrogens (tertiary/aromatic N) is 1. The van der Waals surface area contributed by atoms with E-state index in [9.17, 15) is 0 Å². The van der Waals surface area contributed by atoms with Crippen LogP contribution in [-0.4, -0.2) is 4.98 Å². The largest absolute Gasteiger partial charge is 0.264 e. The van der Waals surface area contributed by atoms with Crippen molar-refractivity contribution in [3.63, 3.8) is 0 Å². The van der Waals surface area contributed by atoms with Gasteiger partial charge in [0.05, 0.1) is 0 Å². The van der Waals surface area contributed by atoms with E-state index < -0.39 is 0 Å². The van der Waals surface area contributed by atoms with Crippen LogP contribution in [0.15, 0.2) is 83.3 Å². The third-order valence-electron chi connectivity index (χ3n) is 5.55. The Kier molecular flexibility index (Phi) is 7.36. The third-order valence-corrected chi connectivity index (χ3v) is 5.55. The van der Waals surface area contributed by atoms with Gasteiger partial charge in [-0.25, -0.2) is 0 Å². The van der Waals surface area contributed by atoms with Gasteiger partial charge >= 0.3 is 0 Å². The van der Waals surface area contributed by atoms with Crippen LogP contribution in [0.25, 0.3) is 5.57 Å². The van der Waals surface area contributed by atoms with Gasteiger partial charge in [-0.1, -0.05) is 42.9 Å².